The van der Waals surface area contributed by atoms with Crippen LogP contribution in [0.1, 0.15) is 0 Å². The molecule has 0 saturated heterocycles. The van der Waals surface area contributed by atoms with Gasteiger partial charge in [0.1, 0.15) is 0 Å². The van der Waals surface area contributed by atoms with Crippen LogP contribution in [-0.2, 0) is 0 Å². The highest BCUT2D eigenvalue weighted by Crippen LogP contribution is 2.26. The van der Waals surface area contributed by atoms with E-state index in [1.807, 2.05) is 0 Å². The topological polar surface area (TPSA) is 0 Å². The number of benzene rings is 2. The van der Waals surface area contributed by atoms with Gasteiger partial charge < -0.3 is 0 Å². The lowest BCUT2D eigenvalue weighted by molar-refractivity contribution is 1.76. The summed E-state index contributed by atoms with van der Waals surface area (Å²) in [4.78, 5) is 0. The van der Waals surface area contributed by atoms with Crippen molar-refractivity contribution in [1.29, 1.82) is 0 Å². The van der Waals surface area contributed by atoms with E-state index < -0.39 is 0 Å². The molecule has 14 heavy (non-hydrogen) atoms. The Bertz CT molecular complexity index is 346. The average Bonchev–Trinajstić information content (AvgIpc) is 2.30. The second kappa shape index (κ2) is 4.44. The van der Waals surface area contributed by atoms with Crippen molar-refractivity contribution in [2.45, 2.75) is 0 Å². The van der Waals surface area contributed by atoms with Crippen LogP contribution in [0.25, 0.3) is 0 Å². The van der Waals surface area contributed by atoms with Gasteiger partial charge in [0.15, 0.2) is 0 Å². The first kappa shape index (κ1) is 9.49. The number of hydrogen-bond acceptors (Lipinski definition) is 0. The van der Waals surface area contributed by atoms with Crippen LogP contribution in [0, 0.1) is 0 Å². The van der Waals surface area contributed by atoms with Crippen molar-refractivity contribution < 1.29 is 0 Å². The molecule has 2 heteroatoms. The van der Waals surface area contributed by atoms with Crippen LogP contribution < -0.4 is 10.6 Å². The third kappa shape index (κ3) is 2.05. The van der Waals surface area contributed by atoms with Gasteiger partial charge in [-0.15, -0.1) is 0 Å². The fraction of sp³-hybridized carbons (Fsp3) is 0. The molecule has 0 atom stereocenters. The van der Waals surface area contributed by atoms with Crippen molar-refractivity contribution in [3.05, 3.63) is 60.7 Å². The largest absolute Gasteiger partial charge is 0.226 e. The Hall–Kier alpha value is -1.07. The third-order valence-corrected chi connectivity index (χ3v) is 2.88. The molecule has 0 unspecified atom stereocenters. The van der Waals surface area contributed by atoms with Crippen LogP contribution in [0.15, 0.2) is 60.7 Å². The fourth-order valence-corrected chi connectivity index (χ4v) is 2.09. The van der Waals surface area contributed by atoms with E-state index in [0.717, 1.165) is 0 Å². The average molecular weight is 199 g/mol. The van der Waals surface area contributed by atoms with Crippen molar-refractivity contribution in [2.75, 3.05) is 0 Å². The summed E-state index contributed by atoms with van der Waals surface area (Å²) < 4.78 is 0. The molecule has 0 aliphatic rings. The predicted molar refractivity (Wildman–Crippen MR) is 69.0 cm³/mol. The van der Waals surface area contributed by atoms with Crippen molar-refractivity contribution >= 4 is 26.0 Å². The molecular formula is C12H13BP-. The predicted octanol–water partition coefficient (Wildman–Crippen LogP) is 1.40. The zero-order chi connectivity index (χ0) is 9.80. The maximum Gasteiger partial charge on any atom is -0.0108 e. The highest BCUT2D eigenvalue weighted by molar-refractivity contribution is 7.94. The molecule has 0 aliphatic heterocycles. The van der Waals surface area contributed by atoms with E-state index in [9.17, 15) is 0 Å². The quantitative estimate of drug-likeness (QED) is 0.506. The maximum atomic E-state index is 2.27. The van der Waals surface area contributed by atoms with Gasteiger partial charge in [-0.3, -0.25) is 0 Å². The molecule has 70 valence electrons. The zero-order valence-corrected chi connectivity index (χ0v) is 8.12. The van der Waals surface area contributed by atoms with Gasteiger partial charge in [0.05, 0.1) is 0 Å². The molecule has 0 aliphatic carbocycles. The summed E-state index contributed by atoms with van der Waals surface area (Å²) in [5.74, 6) is 0. The molecule has 2 rings (SSSR count). The van der Waals surface area contributed by atoms with Crippen LogP contribution in [0.4, 0.5) is 0 Å². The molecule has 0 bridgehead atoms. The monoisotopic (exact) mass is 199 g/mol. The lowest BCUT2D eigenvalue weighted by atomic mass is 10.4. The van der Waals surface area contributed by atoms with Crippen LogP contribution in [0.2, 0.25) is 0 Å². The van der Waals surface area contributed by atoms with Gasteiger partial charge in [-0.2, -0.15) is 0 Å². The highest BCUT2D eigenvalue weighted by atomic mass is 31.1. The molecule has 0 amide bonds. The van der Waals surface area contributed by atoms with E-state index >= 15 is 0 Å². The van der Waals surface area contributed by atoms with Crippen molar-refractivity contribution in [2.24, 2.45) is 0 Å². The second-order valence-corrected chi connectivity index (χ2v) is 4.04. The first-order valence-electron chi connectivity index (χ1n) is 4.27. The van der Waals surface area contributed by atoms with E-state index in [-0.39, 0.29) is 7.80 Å². The molecule has 0 radical (unpaired) electrons. The minimum Gasteiger partial charge on any atom is -0.226 e. The van der Waals surface area contributed by atoms with E-state index in [1.165, 1.54) is 0 Å². The number of hydrogen-bond donors (Lipinski definition) is 0. The summed E-state index contributed by atoms with van der Waals surface area (Å²) in [5.41, 5.74) is 0. The van der Waals surface area contributed by atoms with Gasteiger partial charge in [-0.25, -0.2) is 7.80 Å². The summed E-state index contributed by atoms with van der Waals surface area (Å²) in [6, 6.07) is 21.9. The molecule has 0 aromatic heterocycles. The molecule has 0 fully saturated rings. The highest BCUT2D eigenvalue weighted by Gasteiger charge is 1.98. The van der Waals surface area contributed by atoms with Crippen molar-refractivity contribution in [1.82, 2.24) is 0 Å². The third-order valence-electron chi connectivity index (χ3n) is 1.77. The zero-order valence-electron chi connectivity index (χ0n) is 7.22. The molecule has 2 aromatic carbocycles. The fourth-order valence-electron chi connectivity index (χ4n) is 1.15. The summed E-state index contributed by atoms with van der Waals surface area (Å²) in [7, 11) is 0.447. The Balaban J connectivity index is 2.30. The van der Waals surface area contributed by atoms with Gasteiger partial charge in [0.25, 0.3) is 0 Å². The molecule has 0 N–H and O–H groups in total. The Morgan fingerprint density at radius 1 is 0.643 bits per heavy atom. The van der Waals surface area contributed by atoms with Gasteiger partial charge in [0.2, 0.25) is 0 Å². The summed E-state index contributed by atoms with van der Waals surface area (Å²) in [6.45, 7) is 0. The minimum atomic E-state index is 0.0792. The second-order valence-electron chi connectivity index (χ2n) is 2.78. The van der Waals surface area contributed by atoms with Gasteiger partial charge in [0, 0.05) is 0 Å². The maximum absolute atomic E-state index is 2.27. The minimum absolute atomic E-state index is 0.0792. The molecule has 0 nitrogen and oxygen atoms in total. The van der Waals surface area contributed by atoms with E-state index in [0.29, 0.717) is 7.57 Å². The standard InChI is InChI=1S/C12H13BP/c13-14(11-7-3-1-4-8-11)12-9-5-2-6-10-12/h1-10H,13H3/q-1. The van der Waals surface area contributed by atoms with Crippen LogP contribution in [-0.4, -0.2) is 7.57 Å². The molecule has 0 heterocycles. The van der Waals surface area contributed by atoms with Gasteiger partial charge >= 0.3 is 0 Å². The van der Waals surface area contributed by atoms with Gasteiger partial charge in [-0.05, 0) is 7.57 Å². The Morgan fingerprint density at radius 2 is 1.00 bits per heavy atom. The summed E-state index contributed by atoms with van der Waals surface area (Å²) in [5, 5.41) is 3.10. The first-order valence-corrected chi connectivity index (χ1v) is 5.16. The Labute approximate surface area is 87.1 Å². The first-order chi connectivity index (χ1) is 6.88. The smallest absolute Gasteiger partial charge is 0.0108 e. The number of rotatable bonds is 2. The summed E-state index contributed by atoms with van der Waals surface area (Å²) in [6.07, 6.45) is 0. The lowest BCUT2D eigenvalue weighted by Crippen LogP contribution is -2.10. The SMILES string of the molecule is [BH3-]P(c1ccccc1)c1ccccc1. The molecule has 0 spiro atoms. The lowest BCUT2D eigenvalue weighted by Gasteiger charge is -2.18. The summed E-state index contributed by atoms with van der Waals surface area (Å²) >= 11 is 0. The Morgan fingerprint density at radius 3 is 1.36 bits per heavy atom. The van der Waals surface area contributed by atoms with Crippen LogP contribution in [0.3, 0.4) is 0 Å². The molecule has 0 saturated carbocycles. The van der Waals surface area contributed by atoms with E-state index in [2.05, 4.69) is 60.7 Å². The molecular weight excluding hydrogens is 186 g/mol. The van der Waals surface area contributed by atoms with Crippen molar-refractivity contribution in [3.8, 4) is 0 Å². The van der Waals surface area contributed by atoms with E-state index in [1.54, 1.807) is 10.6 Å². The van der Waals surface area contributed by atoms with Crippen LogP contribution in [0.5, 0.6) is 0 Å². The normalized spacial score (nSPS) is 10.4. The molecule has 2 aromatic rings. The van der Waals surface area contributed by atoms with Gasteiger partial charge in [-0.1, -0.05) is 71.3 Å². The Kier molecular flexibility index (Phi) is 3.01. The van der Waals surface area contributed by atoms with Crippen molar-refractivity contribution in [3.63, 3.8) is 0 Å². The van der Waals surface area contributed by atoms with E-state index in [4.69, 9.17) is 0 Å². The van der Waals surface area contributed by atoms with Crippen LogP contribution >= 0.6 is 7.80 Å².